The molecule has 0 aliphatic carbocycles. The van der Waals surface area contributed by atoms with E-state index in [9.17, 15) is 4.79 Å². The second-order valence-electron chi connectivity index (χ2n) is 6.57. The van der Waals surface area contributed by atoms with Crippen molar-refractivity contribution in [3.8, 4) is 5.75 Å². The predicted molar refractivity (Wildman–Crippen MR) is 102 cm³/mol. The van der Waals surface area contributed by atoms with E-state index in [2.05, 4.69) is 36.5 Å². The first-order valence-corrected chi connectivity index (χ1v) is 8.55. The van der Waals surface area contributed by atoms with Gasteiger partial charge in [0.05, 0.1) is 19.2 Å². The van der Waals surface area contributed by atoms with Gasteiger partial charge in [-0.25, -0.2) is 5.43 Å². The van der Waals surface area contributed by atoms with Gasteiger partial charge in [0.15, 0.2) is 0 Å². The minimum absolute atomic E-state index is 0.124. The van der Waals surface area contributed by atoms with Crippen molar-refractivity contribution in [2.24, 2.45) is 11.0 Å². The van der Waals surface area contributed by atoms with E-state index in [1.807, 2.05) is 43.3 Å². The Morgan fingerprint density at radius 1 is 1.08 bits per heavy atom. The minimum atomic E-state index is -0.249. The standard InChI is InChI=1S/C21H26N2O2/c1-15(2)13-17-5-9-19(10-6-17)16(3)21(24)23-22-14-18-7-11-20(25-4)12-8-18/h5-12,14-16H,13H2,1-4H3,(H,23,24)/t16-/m0/s1. The van der Waals surface area contributed by atoms with Crippen LogP contribution in [0.3, 0.4) is 0 Å². The number of methoxy groups -OCH3 is 1. The fourth-order valence-corrected chi connectivity index (χ4v) is 2.52. The average molecular weight is 338 g/mol. The highest BCUT2D eigenvalue weighted by Crippen LogP contribution is 2.17. The second-order valence-corrected chi connectivity index (χ2v) is 6.57. The zero-order chi connectivity index (χ0) is 18.2. The van der Waals surface area contributed by atoms with Crippen molar-refractivity contribution < 1.29 is 9.53 Å². The van der Waals surface area contributed by atoms with Crippen LogP contribution in [0.4, 0.5) is 0 Å². The van der Waals surface area contributed by atoms with Crippen LogP contribution in [-0.4, -0.2) is 19.2 Å². The lowest BCUT2D eigenvalue weighted by molar-refractivity contribution is -0.122. The molecule has 0 saturated heterocycles. The van der Waals surface area contributed by atoms with Crippen LogP contribution < -0.4 is 10.2 Å². The number of hydrogen-bond donors (Lipinski definition) is 1. The topological polar surface area (TPSA) is 50.7 Å². The van der Waals surface area contributed by atoms with E-state index in [4.69, 9.17) is 4.74 Å². The summed E-state index contributed by atoms with van der Waals surface area (Å²) in [6.07, 6.45) is 2.67. The summed E-state index contributed by atoms with van der Waals surface area (Å²) in [5.41, 5.74) is 5.78. The third-order valence-electron chi connectivity index (χ3n) is 4.02. The molecule has 132 valence electrons. The molecule has 0 fully saturated rings. The Labute approximate surface area is 149 Å². The van der Waals surface area contributed by atoms with Crippen molar-refractivity contribution >= 4 is 12.1 Å². The van der Waals surface area contributed by atoms with Crippen molar-refractivity contribution in [3.63, 3.8) is 0 Å². The summed E-state index contributed by atoms with van der Waals surface area (Å²) < 4.78 is 5.11. The van der Waals surface area contributed by atoms with Gasteiger partial charge >= 0.3 is 0 Å². The zero-order valence-electron chi connectivity index (χ0n) is 15.3. The largest absolute Gasteiger partial charge is 0.497 e. The Balaban J connectivity index is 1.91. The molecule has 1 amide bonds. The summed E-state index contributed by atoms with van der Waals surface area (Å²) in [5, 5.41) is 4.04. The molecule has 4 heteroatoms. The zero-order valence-corrected chi connectivity index (χ0v) is 15.3. The molecule has 0 saturated carbocycles. The molecule has 0 aliphatic rings. The fourth-order valence-electron chi connectivity index (χ4n) is 2.52. The van der Waals surface area contributed by atoms with Crippen molar-refractivity contribution in [1.82, 2.24) is 5.43 Å². The van der Waals surface area contributed by atoms with Crippen LogP contribution in [0.2, 0.25) is 0 Å². The highest BCUT2D eigenvalue weighted by atomic mass is 16.5. The fraction of sp³-hybridized carbons (Fsp3) is 0.333. The number of carbonyl (C=O) groups is 1. The van der Waals surface area contributed by atoms with Gasteiger partial charge in [-0.1, -0.05) is 38.1 Å². The van der Waals surface area contributed by atoms with Crippen LogP contribution in [0.25, 0.3) is 0 Å². The summed E-state index contributed by atoms with van der Waals surface area (Å²) in [6, 6.07) is 15.7. The lowest BCUT2D eigenvalue weighted by atomic mass is 9.96. The van der Waals surface area contributed by atoms with E-state index < -0.39 is 0 Å². The molecule has 1 N–H and O–H groups in total. The Morgan fingerprint density at radius 3 is 2.28 bits per heavy atom. The maximum atomic E-state index is 12.3. The molecule has 0 radical (unpaired) electrons. The predicted octanol–water partition coefficient (Wildman–Crippen LogP) is 4.15. The highest BCUT2D eigenvalue weighted by molar-refractivity contribution is 5.85. The van der Waals surface area contributed by atoms with Gasteiger partial charge in [0, 0.05) is 0 Å². The molecule has 0 spiro atoms. The first kappa shape index (κ1) is 18.7. The summed E-state index contributed by atoms with van der Waals surface area (Å²) >= 11 is 0. The summed E-state index contributed by atoms with van der Waals surface area (Å²) in [7, 11) is 1.63. The number of carbonyl (C=O) groups excluding carboxylic acids is 1. The summed E-state index contributed by atoms with van der Waals surface area (Å²) in [4.78, 5) is 12.3. The molecule has 1 atom stereocenters. The maximum absolute atomic E-state index is 12.3. The van der Waals surface area contributed by atoms with Gasteiger partial charge in [-0.05, 0) is 60.2 Å². The van der Waals surface area contributed by atoms with Crippen LogP contribution in [0.15, 0.2) is 53.6 Å². The molecule has 2 aromatic rings. The number of amides is 1. The molecule has 0 bridgehead atoms. The number of nitrogens with one attached hydrogen (secondary N) is 1. The Bertz CT molecular complexity index is 704. The van der Waals surface area contributed by atoms with Crippen LogP contribution in [0, 0.1) is 5.92 Å². The van der Waals surface area contributed by atoms with Crippen molar-refractivity contribution in [2.75, 3.05) is 7.11 Å². The second kappa shape index (κ2) is 9.02. The SMILES string of the molecule is COc1ccc(C=NNC(=O)[C@@H](C)c2ccc(CC(C)C)cc2)cc1. The molecule has 0 aliphatic heterocycles. The minimum Gasteiger partial charge on any atom is -0.497 e. The van der Waals surface area contributed by atoms with Crippen LogP contribution in [0.5, 0.6) is 5.75 Å². The van der Waals surface area contributed by atoms with Crippen molar-refractivity contribution in [1.29, 1.82) is 0 Å². The van der Waals surface area contributed by atoms with E-state index in [1.54, 1.807) is 13.3 Å². The molecular weight excluding hydrogens is 312 g/mol. The monoisotopic (exact) mass is 338 g/mol. The molecule has 0 unspecified atom stereocenters. The molecule has 0 aromatic heterocycles. The lowest BCUT2D eigenvalue weighted by Gasteiger charge is -2.11. The van der Waals surface area contributed by atoms with Gasteiger partial charge in [-0.3, -0.25) is 4.79 Å². The van der Waals surface area contributed by atoms with Gasteiger partial charge in [0.25, 0.3) is 0 Å². The van der Waals surface area contributed by atoms with E-state index in [0.717, 1.165) is 23.3 Å². The Hall–Kier alpha value is -2.62. The number of ether oxygens (including phenoxy) is 1. The van der Waals surface area contributed by atoms with Crippen LogP contribution in [-0.2, 0) is 11.2 Å². The third kappa shape index (κ3) is 5.75. The van der Waals surface area contributed by atoms with Crippen molar-refractivity contribution in [3.05, 3.63) is 65.2 Å². The molecule has 4 nitrogen and oxygen atoms in total. The van der Waals surface area contributed by atoms with E-state index in [1.165, 1.54) is 5.56 Å². The normalized spacial score (nSPS) is 12.4. The number of hydrogen-bond acceptors (Lipinski definition) is 3. The van der Waals surface area contributed by atoms with Crippen molar-refractivity contribution in [2.45, 2.75) is 33.1 Å². The van der Waals surface area contributed by atoms with Gasteiger partial charge in [0.2, 0.25) is 5.91 Å². The van der Waals surface area contributed by atoms with Crippen LogP contribution >= 0.6 is 0 Å². The smallest absolute Gasteiger partial charge is 0.247 e. The van der Waals surface area contributed by atoms with E-state index >= 15 is 0 Å². The Kier molecular flexibility index (Phi) is 6.75. The van der Waals surface area contributed by atoms with Crippen LogP contribution in [0.1, 0.15) is 43.4 Å². The number of hydrazone groups is 1. The first-order valence-electron chi connectivity index (χ1n) is 8.55. The number of benzene rings is 2. The molecule has 25 heavy (non-hydrogen) atoms. The van der Waals surface area contributed by atoms with Gasteiger partial charge < -0.3 is 4.74 Å². The molecule has 0 heterocycles. The van der Waals surface area contributed by atoms with Gasteiger partial charge in [-0.15, -0.1) is 0 Å². The molecule has 2 rings (SSSR count). The summed E-state index contributed by atoms with van der Waals surface area (Å²) in [5.74, 6) is 1.04. The number of nitrogens with zero attached hydrogens (tertiary/aromatic N) is 1. The molecular formula is C21H26N2O2. The Morgan fingerprint density at radius 2 is 1.72 bits per heavy atom. The third-order valence-corrected chi connectivity index (χ3v) is 4.02. The highest BCUT2D eigenvalue weighted by Gasteiger charge is 2.14. The average Bonchev–Trinajstić information content (AvgIpc) is 2.61. The van der Waals surface area contributed by atoms with E-state index in [0.29, 0.717) is 5.92 Å². The molecule has 2 aromatic carbocycles. The quantitative estimate of drug-likeness (QED) is 0.609. The van der Waals surface area contributed by atoms with E-state index in [-0.39, 0.29) is 11.8 Å². The summed E-state index contributed by atoms with van der Waals surface area (Å²) in [6.45, 7) is 6.28. The lowest BCUT2D eigenvalue weighted by Crippen LogP contribution is -2.23. The maximum Gasteiger partial charge on any atom is 0.247 e. The van der Waals surface area contributed by atoms with Gasteiger partial charge in [-0.2, -0.15) is 5.10 Å². The number of rotatable bonds is 7. The first-order chi connectivity index (χ1) is 12.0. The van der Waals surface area contributed by atoms with Gasteiger partial charge in [0.1, 0.15) is 5.75 Å².